The van der Waals surface area contributed by atoms with Gasteiger partial charge in [0.1, 0.15) is 11.8 Å². The quantitative estimate of drug-likeness (QED) is 0.690. The van der Waals surface area contributed by atoms with Gasteiger partial charge in [-0.3, -0.25) is 9.59 Å². The molecule has 0 radical (unpaired) electrons. The van der Waals surface area contributed by atoms with Crippen LogP contribution in [-0.4, -0.2) is 37.5 Å². The van der Waals surface area contributed by atoms with Crippen LogP contribution in [-0.2, 0) is 14.3 Å². The maximum atomic E-state index is 12.0. The summed E-state index contributed by atoms with van der Waals surface area (Å²) in [6.45, 7) is 3.41. The van der Waals surface area contributed by atoms with Gasteiger partial charge in [-0.15, -0.1) is 0 Å². The number of carbonyl (C=O) groups is 3. The molecule has 1 rings (SSSR count). The highest BCUT2D eigenvalue weighted by Crippen LogP contribution is 2.17. The molecule has 0 saturated heterocycles. The largest absolute Gasteiger partial charge is 0.483 e. The number of methoxy groups -OCH3 is 1. The predicted molar refractivity (Wildman–Crippen MR) is 83.9 cm³/mol. The Morgan fingerprint density at radius 1 is 1.26 bits per heavy atom. The van der Waals surface area contributed by atoms with Gasteiger partial charge in [0.2, 0.25) is 0 Å². The highest BCUT2D eigenvalue weighted by atomic mass is 16.5. The summed E-state index contributed by atoms with van der Waals surface area (Å²) in [5.41, 5.74) is 5.42. The van der Waals surface area contributed by atoms with Gasteiger partial charge in [0.05, 0.1) is 12.7 Å². The first-order valence-electron chi connectivity index (χ1n) is 7.29. The lowest BCUT2D eigenvalue weighted by Crippen LogP contribution is -2.47. The van der Waals surface area contributed by atoms with Crippen LogP contribution >= 0.6 is 0 Å². The third-order valence-electron chi connectivity index (χ3n) is 3.50. The number of nitrogens with one attached hydrogen (secondary N) is 1. The van der Waals surface area contributed by atoms with E-state index in [1.165, 1.54) is 13.2 Å². The molecule has 0 bridgehead atoms. The predicted octanol–water partition coefficient (Wildman–Crippen LogP) is 0.868. The standard InChI is InChI=1S/C16H22N2O5/c1-4-10(2)14(16(21)22-3)18-13(19)9-23-12-8-6-5-7-11(12)15(17)20/h5-8,10,14H,4,9H2,1-3H3,(H2,17,20)(H,18,19). The van der Waals surface area contributed by atoms with Crippen molar-refractivity contribution in [3.05, 3.63) is 29.8 Å². The van der Waals surface area contributed by atoms with E-state index in [9.17, 15) is 14.4 Å². The molecule has 7 nitrogen and oxygen atoms in total. The zero-order chi connectivity index (χ0) is 17.4. The summed E-state index contributed by atoms with van der Waals surface area (Å²) in [6.07, 6.45) is 0.700. The first kappa shape index (κ1) is 18.5. The Kier molecular flexibility index (Phi) is 7.05. The molecular formula is C16H22N2O5. The molecule has 0 fully saturated rings. The van der Waals surface area contributed by atoms with Gasteiger partial charge in [-0.1, -0.05) is 32.4 Å². The third-order valence-corrected chi connectivity index (χ3v) is 3.50. The van der Waals surface area contributed by atoms with Crippen molar-refractivity contribution in [3.8, 4) is 5.75 Å². The number of ether oxygens (including phenoxy) is 2. The number of benzene rings is 1. The van der Waals surface area contributed by atoms with Crippen LogP contribution in [0, 0.1) is 5.92 Å². The number of primary amides is 1. The molecule has 0 heterocycles. The lowest BCUT2D eigenvalue weighted by Gasteiger charge is -2.21. The molecule has 2 unspecified atom stereocenters. The molecule has 0 aliphatic carbocycles. The molecule has 3 N–H and O–H groups in total. The smallest absolute Gasteiger partial charge is 0.328 e. The minimum Gasteiger partial charge on any atom is -0.483 e. The molecule has 2 amide bonds. The molecule has 0 aliphatic heterocycles. The van der Waals surface area contributed by atoms with Gasteiger partial charge >= 0.3 is 5.97 Å². The van der Waals surface area contributed by atoms with E-state index in [0.29, 0.717) is 6.42 Å². The van der Waals surface area contributed by atoms with E-state index in [0.717, 1.165) is 0 Å². The zero-order valence-electron chi connectivity index (χ0n) is 13.5. The van der Waals surface area contributed by atoms with Gasteiger partial charge in [0.15, 0.2) is 6.61 Å². The minimum atomic E-state index is -0.743. The summed E-state index contributed by atoms with van der Waals surface area (Å²) in [7, 11) is 1.27. The third kappa shape index (κ3) is 5.28. The molecule has 0 aromatic heterocycles. The molecule has 1 aromatic carbocycles. The van der Waals surface area contributed by atoms with Crippen LogP contribution in [0.2, 0.25) is 0 Å². The topological polar surface area (TPSA) is 108 Å². The SMILES string of the molecule is CCC(C)C(NC(=O)COc1ccccc1C(N)=O)C(=O)OC. The van der Waals surface area contributed by atoms with Crippen molar-refractivity contribution in [2.75, 3.05) is 13.7 Å². The van der Waals surface area contributed by atoms with Crippen LogP contribution < -0.4 is 15.8 Å². The van der Waals surface area contributed by atoms with E-state index in [1.54, 1.807) is 18.2 Å². The van der Waals surface area contributed by atoms with Crippen LogP contribution in [0.5, 0.6) is 5.75 Å². The van der Waals surface area contributed by atoms with Gasteiger partial charge in [-0.2, -0.15) is 0 Å². The normalized spacial score (nSPS) is 12.8. The van der Waals surface area contributed by atoms with Gasteiger partial charge in [-0.05, 0) is 18.1 Å². The number of hydrogen-bond donors (Lipinski definition) is 2. The van der Waals surface area contributed by atoms with Crippen molar-refractivity contribution >= 4 is 17.8 Å². The Morgan fingerprint density at radius 3 is 2.48 bits per heavy atom. The van der Waals surface area contributed by atoms with Crippen LogP contribution in [0.3, 0.4) is 0 Å². The van der Waals surface area contributed by atoms with Crippen molar-refractivity contribution in [1.29, 1.82) is 0 Å². The number of esters is 1. The van der Waals surface area contributed by atoms with Crippen molar-refractivity contribution < 1.29 is 23.9 Å². The number of para-hydroxylation sites is 1. The van der Waals surface area contributed by atoms with Gasteiger partial charge in [0, 0.05) is 0 Å². The molecule has 2 atom stereocenters. The number of carbonyl (C=O) groups excluding carboxylic acids is 3. The Hall–Kier alpha value is -2.57. The lowest BCUT2D eigenvalue weighted by atomic mass is 9.99. The molecular weight excluding hydrogens is 300 g/mol. The number of nitrogens with two attached hydrogens (primary N) is 1. The van der Waals surface area contributed by atoms with E-state index in [2.05, 4.69) is 5.32 Å². The summed E-state index contributed by atoms with van der Waals surface area (Å²) in [6, 6.07) is 5.61. The molecule has 7 heteroatoms. The monoisotopic (exact) mass is 322 g/mol. The van der Waals surface area contributed by atoms with Crippen molar-refractivity contribution in [3.63, 3.8) is 0 Å². The second-order valence-corrected chi connectivity index (χ2v) is 5.10. The van der Waals surface area contributed by atoms with E-state index in [1.807, 2.05) is 13.8 Å². The van der Waals surface area contributed by atoms with E-state index < -0.39 is 23.8 Å². The Bertz CT molecular complexity index is 573. The molecule has 0 saturated carbocycles. The fraction of sp³-hybridized carbons (Fsp3) is 0.438. The van der Waals surface area contributed by atoms with Crippen LogP contribution in [0.1, 0.15) is 30.6 Å². The molecule has 126 valence electrons. The maximum Gasteiger partial charge on any atom is 0.328 e. The lowest BCUT2D eigenvalue weighted by molar-refractivity contribution is -0.146. The first-order valence-corrected chi connectivity index (χ1v) is 7.29. The van der Waals surface area contributed by atoms with E-state index in [4.69, 9.17) is 15.2 Å². The first-order chi connectivity index (χ1) is 10.9. The molecule has 1 aromatic rings. The number of rotatable bonds is 8. The Morgan fingerprint density at radius 2 is 1.91 bits per heavy atom. The summed E-state index contributed by atoms with van der Waals surface area (Å²) >= 11 is 0. The van der Waals surface area contributed by atoms with Gasteiger partial charge < -0.3 is 20.5 Å². The van der Waals surface area contributed by atoms with Crippen LogP contribution in [0.4, 0.5) is 0 Å². The summed E-state index contributed by atoms with van der Waals surface area (Å²) < 4.78 is 10.0. The Labute approximate surface area is 135 Å². The maximum absolute atomic E-state index is 12.0. The number of amides is 2. The minimum absolute atomic E-state index is 0.0793. The summed E-state index contributed by atoms with van der Waals surface area (Å²) in [4.78, 5) is 35.0. The van der Waals surface area contributed by atoms with Crippen molar-refractivity contribution in [2.45, 2.75) is 26.3 Å². The van der Waals surface area contributed by atoms with Crippen LogP contribution in [0.15, 0.2) is 24.3 Å². The second kappa shape index (κ2) is 8.77. The highest BCUT2D eigenvalue weighted by Gasteiger charge is 2.26. The zero-order valence-corrected chi connectivity index (χ0v) is 13.5. The summed E-state index contributed by atoms with van der Waals surface area (Å²) in [5.74, 6) is -1.50. The highest BCUT2D eigenvalue weighted by molar-refractivity contribution is 5.95. The second-order valence-electron chi connectivity index (χ2n) is 5.10. The van der Waals surface area contributed by atoms with E-state index in [-0.39, 0.29) is 23.8 Å². The average Bonchev–Trinajstić information content (AvgIpc) is 2.56. The molecule has 23 heavy (non-hydrogen) atoms. The fourth-order valence-electron chi connectivity index (χ4n) is 1.95. The van der Waals surface area contributed by atoms with Crippen LogP contribution in [0.25, 0.3) is 0 Å². The Balaban J connectivity index is 2.69. The van der Waals surface area contributed by atoms with Crippen molar-refractivity contribution in [1.82, 2.24) is 5.32 Å². The van der Waals surface area contributed by atoms with E-state index >= 15 is 0 Å². The number of hydrogen-bond acceptors (Lipinski definition) is 5. The fourth-order valence-corrected chi connectivity index (χ4v) is 1.95. The molecule has 0 aliphatic rings. The van der Waals surface area contributed by atoms with Crippen molar-refractivity contribution in [2.24, 2.45) is 11.7 Å². The van der Waals surface area contributed by atoms with Gasteiger partial charge in [0.25, 0.3) is 11.8 Å². The summed E-state index contributed by atoms with van der Waals surface area (Å²) in [5, 5.41) is 2.58. The average molecular weight is 322 g/mol. The molecule has 0 spiro atoms. The van der Waals surface area contributed by atoms with Gasteiger partial charge in [-0.25, -0.2) is 4.79 Å².